The van der Waals surface area contributed by atoms with E-state index in [4.69, 9.17) is 14.0 Å². The first-order valence-corrected chi connectivity index (χ1v) is 13.5. The second kappa shape index (κ2) is 11.6. The second-order valence-corrected chi connectivity index (χ2v) is 10.2. The van der Waals surface area contributed by atoms with Gasteiger partial charge in [-0.2, -0.15) is 4.98 Å². The Morgan fingerprint density at radius 2 is 1.70 bits per heavy atom. The molecule has 0 amide bonds. The molecule has 10 nitrogen and oxygen atoms in total. The van der Waals surface area contributed by atoms with Crippen molar-refractivity contribution in [2.45, 2.75) is 65.8 Å². The molecular weight excluding hydrogens is 508 g/mol. The van der Waals surface area contributed by atoms with Crippen molar-refractivity contribution in [3.63, 3.8) is 0 Å². The minimum Gasteiger partial charge on any atom is -0.339 e. The van der Waals surface area contributed by atoms with Crippen LogP contribution < -0.4 is 11.3 Å². The molecule has 0 aliphatic rings. The van der Waals surface area contributed by atoms with Crippen molar-refractivity contribution in [2.24, 2.45) is 0 Å². The monoisotopic (exact) mass is 540 g/mol. The van der Waals surface area contributed by atoms with Gasteiger partial charge in [0, 0.05) is 29.2 Å². The van der Waals surface area contributed by atoms with E-state index in [1.54, 1.807) is 4.57 Å². The molecule has 3 heterocycles. The number of aryl methyl sites for hydroxylation is 2. The summed E-state index contributed by atoms with van der Waals surface area (Å²) in [7, 11) is 0. The maximum absolute atomic E-state index is 13.8. The molecule has 0 radical (unpaired) electrons. The van der Waals surface area contributed by atoms with Crippen LogP contribution in [0.4, 0.5) is 0 Å². The molecule has 0 bridgehead atoms. The van der Waals surface area contributed by atoms with E-state index in [1.165, 1.54) is 0 Å². The summed E-state index contributed by atoms with van der Waals surface area (Å²) in [6.45, 7) is 8.37. The van der Waals surface area contributed by atoms with Gasteiger partial charge in [-0.25, -0.2) is 9.78 Å². The maximum atomic E-state index is 13.8. The Morgan fingerprint density at radius 3 is 2.35 bits per heavy atom. The Bertz CT molecular complexity index is 1730. The van der Waals surface area contributed by atoms with Crippen molar-refractivity contribution < 1.29 is 9.05 Å². The number of aromatic nitrogens is 6. The molecule has 0 fully saturated rings. The van der Waals surface area contributed by atoms with E-state index in [1.807, 2.05) is 69.3 Å². The lowest BCUT2D eigenvalue weighted by Crippen LogP contribution is -2.30. The lowest BCUT2D eigenvalue weighted by Gasteiger charge is -2.16. The third kappa shape index (κ3) is 5.70. The summed E-state index contributed by atoms with van der Waals surface area (Å²) in [5.74, 6) is 1.71. The topological polar surface area (TPSA) is 133 Å². The van der Waals surface area contributed by atoms with Gasteiger partial charge in [-0.1, -0.05) is 86.0 Å². The average Bonchev–Trinajstić information content (AvgIpc) is 3.61. The van der Waals surface area contributed by atoms with Crippen LogP contribution in [0, 0.1) is 6.92 Å². The van der Waals surface area contributed by atoms with Gasteiger partial charge in [0.1, 0.15) is 5.82 Å². The third-order valence-electron chi connectivity index (χ3n) is 6.86. The predicted octanol–water partition coefficient (Wildman–Crippen LogP) is 5.05. The van der Waals surface area contributed by atoms with Crippen LogP contribution >= 0.6 is 0 Å². The molecule has 5 aromatic rings. The van der Waals surface area contributed by atoms with Crippen molar-refractivity contribution in [3.05, 3.63) is 104 Å². The minimum absolute atomic E-state index is 0.0905. The predicted molar refractivity (Wildman–Crippen MR) is 150 cm³/mol. The normalized spacial score (nSPS) is 11.4. The molecule has 0 aliphatic heterocycles. The van der Waals surface area contributed by atoms with Crippen LogP contribution in [-0.4, -0.2) is 29.8 Å². The maximum Gasteiger partial charge on any atom is 0.439 e. The number of rotatable bonds is 10. The van der Waals surface area contributed by atoms with Crippen LogP contribution in [0.1, 0.15) is 73.9 Å². The highest BCUT2D eigenvalue weighted by molar-refractivity contribution is 5.80. The molecule has 0 atom stereocenters. The van der Waals surface area contributed by atoms with Gasteiger partial charge in [0.05, 0.1) is 13.0 Å². The Morgan fingerprint density at radius 1 is 0.950 bits per heavy atom. The smallest absolute Gasteiger partial charge is 0.339 e. The number of benzene rings is 2. The van der Waals surface area contributed by atoms with Gasteiger partial charge >= 0.3 is 5.76 Å². The molecule has 0 spiro atoms. The zero-order chi connectivity index (χ0) is 28.2. The summed E-state index contributed by atoms with van der Waals surface area (Å²) in [6.07, 6.45) is 2.89. The number of hydrogen-bond donors (Lipinski definition) is 1. The fraction of sp³-hybridized carbons (Fsp3) is 0.333. The molecule has 1 N–H and O–H groups in total. The highest BCUT2D eigenvalue weighted by Crippen LogP contribution is 2.30. The second-order valence-electron chi connectivity index (χ2n) is 10.2. The van der Waals surface area contributed by atoms with Crippen molar-refractivity contribution in [2.75, 3.05) is 0 Å². The van der Waals surface area contributed by atoms with E-state index < -0.39 is 5.76 Å². The van der Waals surface area contributed by atoms with Crippen LogP contribution in [0.3, 0.4) is 0 Å². The Labute approximate surface area is 231 Å². The van der Waals surface area contributed by atoms with E-state index >= 15 is 0 Å². The molecule has 10 heteroatoms. The number of unbranched alkanes of at least 4 members (excludes halogenated alkanes) is 1. The van der Waals surface area contributed by atoms with Crippen LogP contribution in [0.15, 0.2) is 67.2 Å². The quantitative estimate of drug-likeness (QED) is 0.260. The lowest BCUT2D eigenvalue weighted by molar-refractivity contribution is 0.376. The molecule has 0 saturated heterocycles. The summed E-state index contributed by atoms with van der Waals surface area (Å²) in [5.41, 5.74) is 4.73. The van der Waals surface area contributed by atoms with E-state index in [-0.39, 0.29) is 17.9 Å². The SMILES string of the molecule is CCCCc1nc(C)c(Cc2nc(C(C)C)no2)c(=O)n1Cc1ccc(-c2ccccc2-c2noc(=O)[nH]2)cc1. The van der Waals surface area contributed by atoms with E-state index in [9.17, 15) is 9.59 Å². The first kappa shape index (κ1) is 27.0. The zero-order valence-corrected chi connectivity index (χ0v) is 23.1. The van der Waals surface area contributed by atoms with Crippen LogP contribution in [-0.2, 0) is 19.4 Å². The van der Waals surface area contributed by atoms with Gasteiger partial charge in [0.2, 0.25) is 5.89 Å². The number of nitrogens with one attached hydrogen (secondary N) is 1. The summed E-state index contributed by atoms with van der Waals surface area (Å²) < 4.78 is 11.9. The van der Waals surface area contributed by atoms with Gasteiger partial charge in [-0.05, 0) is 30.0 Å². The fourth-order valence-corrected chi connectivity index (χ4v) is 4.63. The standard InChI is InChI=1S/C30H32N6O4/c1-5-6-11-25-31-19(4)24(16-26-32-27(18(2)3)34-39-26)29(37)36(25)17-20-12-14-21(15-13-20)22-9-7-8-10-23(22)28-33-30(38)40-35-28/h7-10,12-15,18H,5-6,11,16-17H2,1-4H3,(H,33,35,38). The molecule has 0 saturated carbocycles. The molecule has 0 aliphatic carbocycles. The van der Waals surface area contributed by atoms with Gasteiger partial charge < -0.3 is 4.52 Å². The highest BCUT2D eigenvalue weighted by atomic mass is 16.5. The third-order valence-corrected chi connectivity index (χ3v) is 6.86. The number of hydrogen-bond acceptors (Lipinski definition) is 8. The molecule has 5 rings (SSSR count). The van der Waals surface area contributed by atoms with Crippen molar-refractivity contribution in [3.8, 4) is 22.5 Å². The Balaban J connectivity index is 1.47. The number of aromatic amines is 1. The van der Waals surface area contributed by atoms with Gasteiger partial charge in [0.25, 0.3) is 5.56 Å². The number of nitrogens with zero attached hydrogens (tertiary/aromatic N) is 5. The van der Waals surface area contributed by atoms with E-state index in [0.29, 0.717) is 41.8 Å². The van der Waals surface area contributed by atoms with Gasteiger partial charge in [-0.3, -0.25) is 18.9 Å². The summed E-state index contributed by atoms with van der Waals surface area (Å²) in [5, 5.41) is 7.88. The van der Waals surface area contributed by atoms with E-state index in [0.717, 1.165) is 40.9 Å². The van der Waals surface area contributed by atoms with E-state index in [2.05, 4.69) is 27.2 Å². The summed E-state index contributed by atoms with van der Waals surface area (Å²) in [4.78, 5) is 37.2. The van der Waals surface area contributed by atoms with Crippen LogP contribution in [0.5, 0.6) is 0 Å². The summed E-state index contributed by atoms with van der Waals surface area (Å²) in [6, 6.07) is 15.6. The molecule has 2 aromatic carbocycles. The average molecular weight is 541 g/mol. The van der Waals surface area contributed by atoms with Crippen molar-refractivity contribution in [1.29, 1.82) is 0 Å². The molecule has 206 valence electrons. The van der Waals surface area contributed by atoms with Crippen molar-refractivity contribution in [1.82, 2.24) is 29.8 Å². The molecule has 40 heavy (non-hydrogen) atoms. The molecule has 3 aromatic heterocycles. The van der Waals surface area contributed by atoms with Crippen LogP contribution in [0.2, 0.25) is 0 Å². The Kier molecular flexibility index (Phi) is 7.86. The van der Waals surface area contributed by atoms with Crippen LogP contribution in [0.25, 0.3) is 22.5 Å². The largest absolute Gasteiger partial charge is 0.439 e. The first-order valence-electron chi connectivity index (χ1n) is 13.5. The van der Waals surface area contributed by atoms with Crippen molar-refractivity contribution >= 4 is 0 Å². The lowest BCUT2D eigenvalue weighted by atomic mass is 9.98. The molecule has 0 unspecified atom stereocenters. The molecular formula is C30H32N6O4. The Hall–Kier alpha value is -4.60. The zero-order valence-electron chi connectivity index (χ0n) is 23.1. The fourth-order valence-electron chi connectivity index (χ4n) is 4.63. The minimum atomic E-state index is -0.602. The van der Waals surface area contributed by atoms with Gasteiger partial charge in [0.15, 0.2) is 11.6 Å². The van der Waals surface area contributed by atoms with Gasteiger partial charge in [-0.15, -0.1) is 0 Å². The summed E-state index contributed by atoms with van der Waals surface area (Å²) >= 11 is 0. The highest BCUT2D eigenvalue weighted by Gasteiger charge is 2.19. The first-order chi connectivity index (χ1) is 19.3. The number of H-pyrrole nitrogens is 1.